The van der Waals surface area contributed by atoms with Crippen molar-refractivity contribution in [2.75, 3.05) is 25.5 Å². The molecule has 0 saturated heterocycles. The maximum Gasteiger partial charge on any atom is 0.256 e. The second kappa shape index (κ2) is 12.5. The monoisotopic (exact) mass is 560 g/mol. The zero-order valence-corrected chi connectivity index (χ0v) is 24.0. The predicted octanol–water partition coefficient (Wildman–Crippen LogP) is 6.11. The first-order chi connectivity index (χ1) is 20.6. The molecule has 0 bridgehead atoms. The SMILES string of the molecule is COc1ccc(Cn2cc(C(=O)NCCCCNc3c4c(nc5ccccc35)CCCC4)c(=O)c3ccccc32)cc1. The molecule has 0 unspecified atom stereocenters. The fourth-order valence-corrected chi connectivity index (χ4v) is 5.90. The van der Waals surface area contributed by atoms with Crippen LogP contribution in [0.4, 0.5) is 5.69 Å². The average molecular weight is 561 g/mol. The summed E-state index contributed by atoms with van der Waals surface area (Å²) in [6.45, 7) is 1.84. The van der Waals surface area contributed by atoms with Crippen LogP contribution in [-0.4, -0.2) is 35.7 Å². The van der Waals surface area contributed by atoms with Crippen LogP contribution in [0, 0.1) is 0 Å². The number of anilines is 1. The molecule has 0 fully saturated rings. The van der Waals surface area contributed by atoms with Crippen LogP contribution in [-0.2, 0) is 19.4 Å². The van der Waals surface area contributed by atoms with E-state index in [2.05, 4.69) is 28.8 Å². The zero-order valence-electron chi connectivity index (χ0n) is 24.0. The molecule has 0 aliphatic heterocycles. The van der Waals surface area contributed by atoms with Gasteiger partial charge in [-0.2, -0.15) is 0 Å². The number of carbonyl (C=O) groups excluding carboxylic acids is 1. The lowest BCUT2D eigenvalue weighted by atomic mass is 9.92. The number of unbranched alkanes of at least 4 members (excludes halogenated alkanes) is 1. The van der Waals surface area contributed by atoms with E-state index in [9.17, 15) is 9.59 Å². The van der Waals surface area contributed by atoms with E-state index in [0.29, 0.717) is 18.5 Å². The Hall–Kier alpha value is -4.65. The zero-order chi connectivity index (χ0) is 28.9. The highest BCUT2D eigenvalue weighted by molar-refractivity contribution is 5.97. The Bertz CT molecular complexity index is 1790. The predicted molar refractivity (Wildman–Crippen MR) is 169 cm³/mol. The van der Waals surface area contributed by atoms with Gasteiger partial charge in [-0.15, -0.1) is 0 Å². The van der Waals surface area contributed by atoms with Crippen molar-refractivity contribution in [1.82, 2.24) is 14.9 Å². The van der Waals surface area contributed by atoms with Gasteiger partial charge in [-0.05, 0) is 80.0 Å². The molecular formula is C35H36N4O3. The van der Waals surface area contributed by atoms with Crippen molar-refractivity contribution in [3.8, 4) is 5.75 Å². The van der Waals surface area contributed by atoms with Crippen molar-refractivity contribution in [3.05, 3.63) is 112 Å². The lowest BCUT2D eigenvalue weighted by Crippen LogP contribution is -2.30. The summed E-state index contributed by atoms with van der Waals surface area (Å²) in [7, 11) is 1.64. The molecule has 42 heavy (non-hydrogen) atoms. The highest BCUT2D eigenvalue weighted by Crippen LogP contribution is 2.33. The first-order valence-electron chi connectivity index (χ1n) is 14.8. The van der Waals surface area contributed by atoms with Crippen LogP contribution >= 0.6 is 0 Å². The standard InChI is InChI=1S/C35H36N4O3/c1-42-25-18-16-24(17-19-25)22-39-23-29(34(40)28-12-4-7-15-32(28)39)35(41)37-21-9-8-20-36-33-26-10-2-5-13-30(26)38-31-14-6-3-11-27(31)33/h2,4-5,7,10,12-13,15-19,23H,3,6,8-9,11,14,20-22H2,1H3,(H,36,38)(H,37,41). The van der Waals surface area contributed by atoms with Gasteiger partial charge in [0.15, 0.2) is 0 Å². The van der Waals surface area contributed by atoms with Gasteiger partial charge in [-0.25, -0.2) is 0 Å². The molecule has 0 atom stereocenters. The summed E-state index contributed by atoms with van der Waals surface area (Å²) in [4.78, 5) is 31.4. The number of methoxy groups -OCH3 is 1. The Labute approximate surface area is 245 Å². The smallest absolute Gasteiger partial charge is 0.256 e. The van der Waals surface area contributed by atoms with Crippen LogP contribution in [0.15, 0.2) is 83.8 Å². The number of benzene rings is 3. The molecule has 3 aromatic carbocycles. The third-order valence-electron chi connectivity index (χ3n) is 8.10. The number of aromatic nitrogens is 2. The van der Waals surface area contributed by atoms with Gasteiger partial charge in [-0.1, -0.05) is 42.5 Å². The van der Waals surface area contributed by atoms with E-state index in [1.54, 1.807) is 19.4 Å². The van der Waals surface area contributed by atoms with Crippen molar-refractivity contribution in [2.45, 2.75) is 45.1 Å². The number of nitrogens with zero attached hydrogens (tertiary/aromatic N) is 2. The minimum absolute atomic E-state index is 0.162. The molecule has 6 rings (SSSR count). The quantitative estimate of drug-likeness (QED) is 0.202. The Kier molecular flexibility index (Phi) is 8.17. The van der Waals surface area contributed by atoms with Crippen molar-refractivity contribution in [1.29, 1.82) is 0 Å². The third kappa shape index (κ3) is 5.73. The van der Waals surface area contributed by atoms with Crippen LogP contribution in [0.2, 0.25) is 0 Å². The Morgan fingerprint density at radius 2 is 1.64 bits per heavy atom. The van der Waals surface area contributed by atoms with Crippen molar-refractivity contribution in [2.24, 2.45) is 0 Å². The van der Waals surface area contributed by atoms with E-state index < -0.39 is 0 Å². The van der Waals surface area contributed by atoms with Crippen LogP contribution in [0.25, 0.3) is 21.8 Å². The molecular weight excluding hydrogens is 524 g/mol. The first-order valence-corrected chi connectivity index (χ1v) is 14.8. The molecule has 1 aliphatic rings. The topological polar surface area (TPSA) is 85.2 Å². The van der Waals surface area contributed by atoms with E-state index in [0.717, 1.165) is 54.6 Å². The van der Waals surface area contributed by atoms with E-state index in [1.165, 1.54) is 35.2 Å². The van der Waals surface area contributed by atoms with Gasteiger partial charge < -0.3 is 19.9 Å². The van der Waals surface area contributed by atoms with Gasteiger partial charge in [0.1, 0.15) is 11.3 Å². The highest BCUT2D eigenvalue weighted by atomic mass is 16.5. The number of para-hydroxylation sites is 2. The lowest BCUT2D eigenvalue weighted by molar-refractivity contribution is 0.0951. The van der Waals surface area contributed by atoms with E-state index in [4.69, 9.17) is 9.72 Å². The maximum atomic E-state index is 13.3. The summed E-state index contributed by atoms with van der Waals surface area (Å²) in [5, 5.41) is 8.38. The number of nitrogens with one attached hydrogen (secondary N) is 2. The Balaban J connectivity index is 1.10. The number of ether oxygens (including phenoxy) is 1. The maximum absolute atomic E-state index is 13.3. The molecule has 1 amide bonds. The molecule has 0 saturated carbocycles. The van der Waals surface area contributed by atoms with E-state index >= 15 is 0 Å². The van der Waals surface area contributed by atoms with Gasteiger partial charge in [0.05, 0.1) is 18.1 Å². The van der Waals surface area contributed by atoms with Crippen molar-refractivity contribution >= 4 is 33.4 Å². The van der Waals surface area contributed by atoms with Gasteiger partial charge >= 0.3 is 0 Å². The molecule has 2 N–H and O–H groups in total. The molecule has 5 aromatic rings. The minimum atomic E-state index is -0.337. The molecule has 214 valence electrons. The minimum Gasteiger partial charge on any atom is -0.497 e. The summed E-state index contributed by atoms with van der Waals surface area (Å²) in [6.07, 6.45) is 7.88. The van der Waals surface area contributed by atoms with Crippen molar-refractivity contribution in [3.63, 3.8) is 0 Å². The third-order valence-corrected chi connectivity index (χ3v) is 8.10. The van der Waals surface area contributed by atoms with Crippen molar-refractivity contribution < 1.29 is 9.53 Å². The van der Waals surface area contributed by atoms with Gasteiger partial charge in [-0.3, -0.25) is 14.6 Å². The summed E-state index contributed by atoms with van der Waals surface area (Å²) >= 11 is 0. The molecule has 7 heteroatoms. The number of aryl methyl sites for hydroxylation is 1. The molecule has 1 aliphatic carbocycles. The number of hydrogen-bond acceptors (Lipinski definition) is 5. The number of amides is 1. The highest BCUT2D eigenvalue weighted by Gasteiger charge is 2.18. The summed E-state index contributed by atoms with van der Waals surface area (Å²) in [5.74, 6) is 0.448. The number of pyridine rings is 2. The van der Waals surface area contributed by atoms with Gasteiger partial charge in [0, 0.05) is 48.0 Å². The van der Waals surface area contributed by atoms with Crippen LogP contribution in [0.3, 0.4) is 0 Å². The van der Waals surface area contributed by atoms with Crippen LogP contribution in [0.1, 0.15) is 52.9 Å². The molecule has 0 radical (unpaired) electrons. The Morgan fingerprint density at radius 3 is 2.48 bits per heavy atom. The van der Waals surface area contributed by atoms with E-state index in [1.807, 2.05) is 53.1 Å². The summed E-state index contributed by atoms with van der Waals surface area (Å²) < 4.78 is 7.24. The number of rotatable bonds is 10. The first kappa shape index (κ1) is 27.5. The number of fused-ring (bicyclic) bond motifs is 3. The number of hydrogen-bond donors (Lipinski definition) is 2. The van der Waals surface area contributed by atoms with Gasteiger partial charge in [0.25, 0.3) is 5.91 Å². The van der Waals surface area contributed by atoms with Gasteiger partial charge in [0.2, 0.25) is 5.43 Å². The molecule has 2 heterocycles. The molecule has 2 aromatic heterocycles. The Morgan fingerprint density at radius 1 is 0.905 bits per heavy atom. The molecule has 0 spiro atoms. The molecule has 7 nitrogen and oxygen atoms in total. The van der Waals surface area contributed by atoms with Crippen LogP contribution in [0.5, 0.6) is 5.75 Å². The normalized spacial score (nSPS) is 12.7. The number of carbonyl (C=O) groups is 1. The fraction of sp³-hybridized carbons (Fsp3) is 0.286. The summed E-state index contributed by atoms with van der Waals surface area (Å²) in [5.41, 5.74) is 6.60. The fourth-order valence-electron chi connectivity index (χ4n) is 5.90. The second-order valence-corrected chi connectivity index (χ2v) is 10.9. The van der Waals surface area contributed by atoms with Crippen LogP contribution < -0.4 is 20.8 Å². The average Bonchev–Trinajstić information content (AvgIpc) is 3.03. The second-order valence-electron chi connectivity index (χ2n) is 10.9. The van der Waals surface area contributed by atoms with E-state index in [-0.39, 0.29) is 16.9 Å². The summed E-state index contributed by atoms with van der Waals surface area (Å²) in [6, 6.07) is 23.6. The lowest BCUT2D eigenvalue weighted by Gasteiger charge is -2.21. The largest absolute Gasteiger partial charge is 0.497 e.